The van der Waals surface area contributed by atoms with Gasteiger partial charge in [-0.15, -0.1) is 13.2 Å². The minimum atomic E-state index is -4.87. The Morgan fingerprint density at radius 1 is 1.03 bits per heavy atom. The van der Waals surface area contributed by atoms with E-state index in [1.165, 1.54) is 22.5 Å². The number of urea groups is 1. The highest BCUT2D eigenvalue weighted by atomic mass is 32.2. The molecule has 0 unspecified atom stereocenters. The quantitative estimate of drug-likeness (QED) is 0.489. The smallest absolute Gasteiger partial charge is 0.406 e. The molecule has 0 saturated carbocycles. The van der Waals surface area contributed by atoms with Crippen LogP contribution in [0.3, 0.4) is 0 Å². The molecule has 174 valence electrons. The summed E-state index contributed by atoms with van der Waals surface area (Å²) in [6.07, 6.45) is -4.83. The largest absolute Gasteiger partial charge is 0.573 e. The first-order valence-electron chi connectivity index (χ1n) is 9.38. The summed E-state index contributed by atoms with van der Waals surface area (Å²) >= 11 is 0. The number of carbonyl (C=O) groups is 1. The molecule has 1 aliphatic rings. The summed E-state index contributed by atoms with van der Waals surface area (Å²) in [5, 5.41) is 2.29. The van der Waals surface area contributed by atoms with Gasteiger partial charge < -0.3 is 10.1 Å². The normalized spacial score (nSPS) is 15.9. The third-order valence-corrected chi connectivity index (χ3v) is 6.45. The molecule has 0 aromatic heterocycles. The molecule has 2 N–H and O–H groups in total. The maximum atomic E-state index is 13.5. The Labute approximate surface area is 181 Å². The maximum absolute atomic E-state index is 13.5. The van der Waals surface area contributed by atoms with Crippen molar-refractivity contribution in [3.05, 3.63) is 54.3 Å². The van der Waals surface area contributed by atoms with Gasteiger partial charge in [0.05, 0.1) is 16.7 Å². The third kappa shape index (κ3) is 6.31. The fourth-order valence-corrected chi connectivity index (χ4v) is 4.47. The van der Waals surface area contributed by atoms with Gasteiger partial charge in [0.1, 0.15) is 11.6 Å². The van der Waals surface area contributed by atoms with Crippen molar-refractivity contribution in [1.82, 2.24) is 9.79 Å². The van der Waals surface area contributed by atoms with Crippen LogP contribution in [0.4, 0.5) is 28.0 Å². The predicted molar refractivity (Wildman–Crippen MR) is 105 cm³/mol. The van der Waals surface area contributed by atoms with Crippen molar-refractivity contribution >= 4 is 21.7 Å². The summed E-state index contributed by atoms with van der Waals surface area (Å²) in [5.74, 6) is -1.14. The molecule has 1 saturated heterocycles. The van der Waals surface area contributed by atoms with Crippen molar-refractivity contribution < 1.29 is 40.3 Å². The molecule has 1 aliphatic heterocycles. The highest BCUT2D eigenvalue weighted by molar-refractivity contribution is 7.89. The minimum absolute atomic E-state index is 0.0267. The lowest BCUT2D eigenvalue weighted by Gasteiger charge is -2.30. The maximum Gasteiger partial charge on any atom is 0.573 e. The Morgan fingerprint density at radius 3 is 2.25 bits per heavy atom. The number of amides is 2. The highest BCUT2D eigenvalue weighted by Gasteiger charge is 2.32. The number of rotatable bonds is 6. The molecule has 0 atom stereocenters. The van der Waals surface area contributed by atoms with E-state index in [1.54, 1.807) is 6.07 Å². The summed E-state index contributed by atoms with van der Waals surface area (Å²) in [4.78, 5) is 16.9. The van der Waals surface area contributed by atoms with Crippen molar-refractivity contribution in [2.45, 2.75) is 30.2 Å². The number of nitrogens with zero attached hydrogens (tertiary/aromatic N) is 1. The Hall–Kier alpha value is -2.90. The Kier molecular flexibility index (Phi) is 7.21. The minimum Gasteiger partial charge on any atom is -0.406 e. The van der Waals surface area contributed by atoms with Gasteiger partial charge in [-0.05, 0) is 49.2 Å². The Balaban J connectivity index is 1.49. The highest BCUT2D eigenvalue weighted by Crippen LogP contribution is 2.26. The van der Waals surface area contributed by atoms with Crippen LogP contribution in [-0.4, -0.2) is 44.3 Å². The number of alkyl halides is 3. The number of halogens is 4. The number of hydroxylamine groups is 1. The molecule has 0 radical (unpaired) electrons. The van der Waals surface area contributed by atoms with Crippen LogP contribution in [0.2, 0.25) is 0 Å². The van der Waals surface area contributed by atoms with E-state index in [0.29, 0.717) is 0 Å². The van der Waals surface area contributed by atoms with Crippen LogP contribution in [0.1, 0.15) is 12.8 Å². The average Bonchev–Trinajstić information content (AvgIpc) is 2.73. The second-order valence-electron chi connectivity index (χ2n) is 6.78. The number of carbonyl (C=O) groups excluding carboxylic acids is 1. The lowest BCUT2D eigenvalue weighted by molar-refractivity contribution is -0.274. The molecule has 1 fully saturated rings. The van der Waals surface area contributed by atoms with E-state index in [-0.39, 0.29) is 36.5 Å². The van der Waals surface area contributed by atoms with E-state index in [4.69, 9.17) is 4.84 Å². The summed E-state index contributed by atoms with van der Waals surface area (Å²) in [6.45, 7) is 0.148. The van der Waals surface area contributed by atoms with E-state index < -0.39 is 40.1 Å². The average molecular weight is 477 g/mol. The molecule has 13 heteroatoms. The number of anilines is 1. The number of nitrogens with one attached hydrogen (secondary N) is 2. The van der Waals surface area contributed by atoms with Crippen molar-refractivity contribution in [1.29, 1.82) is 0 Å². The Bertz CT molecular complexity index is 1040. The van der Waals surface area contributed by atoms with Gasteiger partial charge in [0.2, 0.25) is 10.0 Å². The van der Waals surface area contributed by atoms with Gasteiger partial charge in [-0.3, -0.25) is 4.84 Å². The summed E-state index contributed by atoms with van der Waals surface area (Å²) < 4.78 is 80.5. The standard InChI is InChI=1S/C19H19F4N3O5S/c20-16-3-1-2-4-17(16)24-18(27)25-31-14-9-11-26(12-10-14)32(28,29)15-7-5-13(6-8-15)30-19(21,22)23/h1-8,14H,9-12H2,(H2,24,25,27). The Morgan fingerprint density at radius 2 is 1.66 bits per heavy atom. The first-order chi connectivity index (χ1) is 15.0. The summed E-state index contributed by atoms with van der Waals surface area (Å²) in [5.41, 5.74) is 2.12. The van der Waals surface area contributed by atoms with Crippen LogP contribution in [-0.2, 0) is 14.9 Å². The topological polar surface area (TPSA) is 97.0 Å². The van der Waals surface area contributed by atoms with Gasteiger partial charge in [-0.1, -0.05) is 12.1 Å². The molecule has 2 amide bonds. The van der Waals surface area contributed by atoms with Crippen LogP contribution < -0.4 is 15.5 Å². The molecular weight excluding hydrogens is 458 g/mol. The third-order valence-electron chi connectivity index (χ3n) is 4.54. The van der Waals surface area contributed by atoms with Gasteiger partial charge in [0.15, 0.2) is 0 Å². The number of hydrogen-bond donors (Lipinski definition) is 2. The molecule has 8 nitrogen and oxygen atoms in total. The van der Waals surface area contributed by atoms with Gasteiger partial charge in [-0.25, -0.2) is 23.1 Å². The van der Waals surface area contributed by atoms with E-state index in [1.807, 2.05) is 0 Å². The fraction of sp³-hybridized carbons (Fsp3) is 0.316. The van der Waals surface area contributed by atoms with Crippen molar-refractivity contribution in [2.24, 2.45) is 0 Å². The number of ether oxygens (including phenoxy) is 1. The van der Waals surface area contributed by atoms with E-state index in [0.717, 1.165) is 24.3 Å². The summed E-state index contributed by atoms with van der Waals surface area (Å²) in [6, 6.07) is 8.72. The van der Waals surface area contributed by atoms with Crippen molar-refractivity contribution in [3.8, 4) is 5.75 Å². The van der Waals surface area contributed by atoms with Crippen LogP contribution in [0.15, 0.2) is 53.4 Å². The first-order valence-corrected chi connectivity index (χ1v) is 10.8. The number of hydrogen-bond acceptors (Lipinski definition) is 5. The predicted octanol–water partition coefficient (Wildman–Crippen LogP) is 3.63. The van der Waals surface area contributed by atoms with E-state index >= 15 is 0 Å². The van der Waals surface area contributed by atoms with Gasteiger partial charge in [0.25, 0.3) is 0 Å². The van der Waals surface area contributed by atoms with Crippen molar-refractivity contribution in [3.63, 3.8) is 0 Å². The lowest BCUT2D eigenvalue weighted by atomic mass is 10.1. The molecule has 0 spiro atoms. The van der Waals surface area contributed by atoms with Gasteiger partial charge >= 0.3 is 12.4 Å². The second-order valence-corrected chi connectivity index (χ2v) is 8.71. The molecule has 1 heterocycles. The van der Waals surface area contributed by atoms with Crippen LogP contribution in [0.25, 0.3) is 0 Å². The lowest BCUT2D eigenvalue weighted by Crippen LogP contribution is -2.43. The monoisotopic (exact) mass is 477 g/mol. The zero-order chi connectivity index (χ0) is 23.4. The molecule has 0 bridgehead atoms. The number of benzene rings is 2. The second kappa shape index (κ2) is 9.71. The SMILES string of the molecule is O=C(NOC1CCN(S(=O)(=O)c2ccc(OC(F)(F)F)cc2)CC1)Nc1ccccc1F. The summed E-state index contributed by atoms with van der Waals surface area (Å²) in [7, 11) is -3.92. The van der Waals surface area contributed by atoms with Gasteiger partial charge in [-0.2, -0.15) is 4.31 Å². The van der Waals surface area contributed by atoms with E-state index in [2.05, 4.69) is 15.5 Å². The molecular formula is C19H19F4N3O5S. The van der Waals surface area contributed by atoms with Crippen LogP contribution in [0.5, 0.6) is 5.75 Å². The molecule has 0 aliphatic carbocycles. The van der Waals surface area contributed by atoms with Crippen LogP contribution in [0, 0.1) is 5.82 Å². The molecule has 2 aromatic carbocycles. The molecule has 32 heavy (non-hydrogen) atoms. The molecule has 3 rings (SSSR count). The van der Waals surface area contributed by atoms with Crippen molar-refractivity contribution in [2.75, 3.05) is 18.4 Å². The first kappa shape index (κ1) is 23.8. The van der Waals surface area contributed by atoms with E-state index in [9.17, 15) is 30.8 Å². The zero-order valence-corrected chi connectivity index (χ0v) is 17.2. The van der Waals surface area contributed by atoms with Crippen LogP contribution >= 0.6 is 0 Å². The number of sulfonamides is 1. The molecule has 2 aromatic rings. The zero-order valence-electron chi connectivity index (χ0n) is 16.4. The fourth-order valence-electron chi connectivity index (χ4n) is 3.00. The van der Waals surface area contributed by atoms with Gasteiger partial charge in [0, 0.05) is 13.1 Å². The number of para-hydroxylation sites is 1. The number of piperidine rings is 1.